The summed E-state index contributed by atoms with van der Waals surface area (Å²) >= 11 is 0. The third-order valence-electron chi connectivity index (χ3n) is 2.37. The molecule has 1 atom stereocenters. The Kier molecular flexibility index (Phi) is 7.15. The maximum absolute atomic E-state index is 9.34. The average Bonchev–Trinajstić information content (AvgIpc) is 2.15. The Labute approximate surface area is 88.5 Å². The van der Waals surface area contributed by atoms with E-state index in [-0.39, 0.29) is 12.1 Å². The lowest BCUT2D eigenvalue weighted by molar-refractivity contribution is 0.132. The molecule has 0 aliphatic heterocycles. The molecule has 0 fully saturated rings. The number of aliphatic hydroxyl groups excluding tert-OH is 1. The number of aliphatic hydroxyl groups is 1. The zero-order chi connectivity index (χ0) is 11.0. The summed E-state index contributed by atoms with van der Waals surface area (Å²) in [5.41, 5.74) is -0.153. The number of rotatable bonds is 8. The highest BCUT2D eigenvalue weighted by Gasteiger charge is 2.23. The van der Waals surface area contributed by atoms with E-state index in [1.165, 1.54) is 0 Å². The molecule has 0 radical (unpaired) electrons. The van der Waals surface area contributed by atoms with Gasteiger partial charge in [0.15, 0.2) is 0 Å². The summed E-state index contributed by atoms with van der Waals surface area (Å²) in [6.07, 6.45) is 2.26. The molecule has 0 spiro atoms. The molecule has 0 amide bonds. The zero-order valence-corrected chi connectivity index (χ0v) is 10.1. The third-order valence-corrected chi connectivity index (χ3v) is 2.37. The van der Waals surface area contributed by atoms with Crippen molar-refractivity contribution in [2.45, 2.75) is 39.2 Å². The van der Waals surface area contributed by atoms with E-state index in [4.69, 9.17) is 0 Å². The van der Waals surface area contributed by atoms with Crippen LogP contribution in [0.2, 0.25) is 0 Å². The third kappa shape index (κ3) is 5.58. The molecule has 0 aromatic carbocycles. The highest BCUT2D eigenvalue weighted by molar-refractivity contribution is 4.85. The van der Waals surface area contributed by atoms with Crippen molar-refractivity contribution in [1.82, 2.24) is 10.2 Å². The molecule has 2 N–H and O–H groups in total. The summed E-state index contributed by atoms with van der Waals surface area (Å²) in [4.78, 5) is 2.26. The zero-order valence-electron chi connectivity index (χ0n) is 10.1. The van der Waals surface area contributed by atoms with E-state index in [2.05, 4.69) is 38.0 Å². The van der Waals surface area contributed by atoms with Crippen LogP contribution in [0.3, 0.4) is 0 Å². The van der Waals surface area contributed by atoms with Crippen LogP contribution < -0.4 is 5.32 Å². The molecule has 1 unspecified atom stereocenters. The maximum atomic E-state index is 9.34. The van der Waals surface area contributed by atoms with Gasteiger partial charge in [0, 0.05) is 6.54 Å². The van der Waals surface area contributed by atoms with Crippen molar-refractivity contribution < 1.29 is 5.11 Å². The summed E-state index contributed by atoms with van der Waals surface area (Å²) in [5, 5.41) is 12.7. The largest absolute Gasteiger partial charge is 0.394 e. The van der Waals surface area contributed by atoms with Crippen molar-refractivity contribution in [2.24, 2.45) is 0 Å². The fourth-order valence-electron chi connectivity index (χ4n) is 1.65. The molecule has 3 heteroatoms. The number of hydrogen-bond acceptors (Lipinski definition) is 3. The van der Waals surface area contributed by atoms with E-state index in [1.54, 1.807) is 0 Å². The van der Waals surface area contributed by atoms with Gasteiger partial charge in [0.25, 0.3) is 0 Å². The fraction of sp³-hybridized carbons (Fsp3) is 1.00. The van der Waals surface area contributed by atoms with Gasteiger partial charge in [-0.05, 0) is 39.9 Å². The van der Waals surface area contributed by atoms with E-state index in [9.17, 15) is 5.11 Å². The molecule has 0 bridgehead atoms. The van der Waals surface area contributed by atoms with Crippen LogP contribution in [0.15, 0.2) is 0 Å². The Bertz CT molecular complexity index is 141. The van der Waals surface area contributed by atoms with Crippen molar-refractivity contribution in [3.05, 3.63) is 0 Å². The molecule has 0 heterocycles. The first kappa shape index (κ1) is 13.9. The van der Waals surface area contributed by atoms with Crippen LogP contribution in [0, 0.1) is 0 Å². The molecule has 0 saturated carbocycles. The second-order valence-corrected chi connectivity index (χ2v) is 4.38. The first-order chi connectivity index (χ1) is 6.58. The molecule has 0 aliphatic rings. The van der Waals surface area contributed by atoms with Crippen molar-refractivity contribution >= 4 is 0 Å². The van der Waals surface area contributed by atoms with E-state index in [0.717, 1.165) is 32.5 Å². The predicted molar refractivity (Wildman–Crippen MR) is 61.6 cm³/mol. The van der Waals surface area contributed by atoms with Crippen molar-refractivity contribution in [2.75, 3.05) is 33.3 Å². The predicted octanol–water partition coefficient (Wildman–Crippen LogP) is 1.08. The van der Waals surface area contributed by atoms with Gasteiger partial charge in [-0.25, -0.2) is 0 Å². The SMILES string of the molecule is CCCNC(C)(CO)CN(C)CCC. The number of hydrogen-bond donors (Lipinski definition) is 2. The fourth-order valence-corrected chi connectivity index (χ4v) is 1.65. The van der Waals surface area contributed by atoms with Gasteiger partial charge in [-0.15, -0.1) is 0 Å². The minimum atomic E-state index is -0.153. The van der Waals surface area contributed by atoms with E-state index >= 15 is 0 Å². The van der Waals surface area contributed by atoms with E-state index in [1.807, 2.05) is 0 Å². The Morgan fingerprint density at radius 2 is 1.93 bits per heavy atom. The molecular weight excluding hydrogens is 176 g/mol. The second kappa shape index (κ2) is 7.21. The summed E-state index contributed by atoms with van der Waals surface area (Å²) in [6, 6.07) is 0. The molecule has 0 saturated heterocycles. The van der Waals surface area contributed by atoms with Gasteiger partial charge >= 0.3 is 0 Å². The topological polar surface area (TPSA) is 35.5 Å². The van der Waals surface area contributed by atoms with Gasteiger partial charge in [-0.2, -0.15) is 0 Å². The number of likely N-dealkylation sites (N-methyl/N-ethyl adjacent to an activating group) is 1. The van der Waals surface area contributed by atoms with Gasteiger partial charge in [-0.1, -0.05) is 13.8 Å². The first-order valence-corrected chi connectivity index (χ1v) is 5.62. The van der Waals surface area contributed by atoms with Gasteiger partial charge in [-0.3, -0.25) is 0 Å². The summed E-state index contributed by atoms with van der Waals surface area (Å²) < 4.78 is 0. The lowest BCUT2D eigenvalue weighted by atomic mass is 10.0. The molecular formula is C11H26N2O. The number of nitrogens with zero attached hydrogens (tertiary/aromatic N) is 1. The van der Waals surface area contributed by atoms with E-state index in [0.29, 0.717) is 0 Å². The first-order valence-electron chi connectivity index (χ1n) is 5.62. The van der Waals surface area contributed by atoms with Crippen molar-refractivity contribution in [3.63, 3.8) is 0 Å². The van der Waals surface area contributed by atoms with E-state index < -0.39 is 0 Å². The summed E-state index contributed by atoms with van der Waals surface area (Å²) in [5.74, 6) is 0. The second-order valence-electron chi connectivity index (χ2n) is 4.38. The van der Waals surface area contributed by atoms with Gasteiger partial charge < -0.3 is 15.3 Å². The van der Waals surface area contributed by atoms with Crippen molar-refractivity contribution in [3.8, 4) is 0 Å². The average molecular weight is 202 g/mol. The quantitative estimate of drug-likeness (QED) is 0.618. The van der Waals surface area contributed by atoms with Crippen LogP contribution in [-0.2, 0) is 0 Å². The normalized spacial score (nSPS) is 15.9. The lowest BCUT2D eigenvalue weighted by Gasteiger charge is -2.33. The molecule has 86 valence electrons. The molecule has 0 aromatic heterocycles. The van der Waals surface area contributed by atoms with Gasteiger partial charge in [0.1, 0.15) is 0 Å². The molecule has 3 nitrogen and oxygen atoms in total. The number of nitrogens with one attached hydrogen (secondary N) is 1. The molecule has 0 rings (SSSR count). The molecule has 0 aliphatic carbocycles. The Morgan fingerprint density at radius 3 is 2.36 bits per heavy atom. The van der Waals surface area contributed by atoms with Crippen LogP contribution in [0.4, 0.5) is 0 Å². The Morgan fingerprint density at radius 1 is 1.29 bits per heavy atom. The Balaban J connectivity index is 3.96. The Hall–Kier alpha value is -0.120. The smallest absolute Gasteiger partial charge is 0.0623 e. The van der Waals surface area contributed by atoms with Gasteiger partial charge in [0.05, 0.1) is 12.1 Å². The minimum Gasteiger partial charge on any atom is -0.394 e. The van der Waals surface area contributed by atoms with Crippen LogP contribution in [-0.4, -0.2) is 48.8 Å². The minimum absolute atomic E-state index is 0.153. The molecule has 14 heavy (non-hydrogen) atoms. The standard InChI is InChI=1S/C11H26N2O/c1-5-7-12-11(3,10-14)9-13(4)8-6-2/h12,14H,5-10H2,1-4H3. The van der Waals surface area contributed by atoms with Crippen molar-refractivity contribution in [1.29, 1.82) is 0 Å². The van der Waals surface area contributed by atoms with Crippen LogP contribution >= 0.6 is 0 Å². The van der Waals surface area contributed by atoms with Crippen LogP contribution in [0.25, 0.3) is 0 Å². The van der Waals surface area contributed by atoms with Crippen LogP contribution in [0.5, 0.6) is 0 Å². The monoisotopic (exact) mass is 202 g/mol. The summed E-state index contributed by atoms with van der Waals surface area (Å²) in [6.45, 7) is 9.54. The highest BCUT2D eigenvalue weighted by atomic mass is 16.3. The molecule has 0 aromatic rings. The highest BCUT2D eigenvalue weighted by Crippen LogP contribution is 2.05. The maximum Gasteiger partial charge on any atom is 0.0623 e. The van der Waals surface area contributed by atoms with Crippen LogP contribution in [0.1, 0.15) is 33.6 Å². The lowest BCUT2D eigenvalue weighted by Crippen LogP contribution is -2.53. The van der Waals surface area contributed by atoms with Gasteiger partial charge in [0.2, 0.25) is 0 Å². The summed E-state index contributed by atoms with van der Waals surface area (Å²) in [7, 11) is 2.10.